The molecule has 1 aromatic rings. The summed E-state index contributed by atoms with van der Waals surface area (Å²) in [4.78, 5) is 11.1. The maximum atomic E-state index is 5.60. The van der Waals surface area contributed by atoms with E-state index >= 15 is 0 Å². The lowest BCUT2D eigenvalue weighted by Crippen LogP contribution is -2.37. The van der Waals surface area contributed by atoms with Gasteiger partial charge >= 0.3 is 0 Å². The minimum absolute atomic E-state index is 0.123. The zero-order valence-electron chi connectivity index (χ0n) is 11.4. The molecule has 0 aliphatic carbocycles. The van der Waals surface area contributed by atoms with Crippen molar-refractivity contribution in [3.63, 3.8) is 0 Å². The first-order chi connectivity index (χ1) is 8.70. The summed E-state index contributed by atoms with van der Waals surface area (Å²) < 4.78 is 5.60. The van der Waals surface area contributed by atoms with Crippen molar-refractivity contribution in [1.82, 2.24) is 15.3 Å². The van der Waals surface area contributed by atoms with Crippen LogP contribution in [-0.4, -0.2) is 41.7 Å². The number of nitrogens with zero attached hydrogens (tertiary/aromatic N) is 3. The fraction of sp³-hybridized carbons (Fsp3) is 0.692. The monoisotopic (exact) mass is 250 g/mol. The second-order valence-corrected chi connectivity index (χ2v) is 4.81. The van der Waals surface area contributed by atoms with Crippen LogP contribution in [0.2, 0.25) is 0 Å². The number of nitrogens with one attached hydrogen (secondary N) is 1. The van der Waals surface area contributed by atoms with Gasteiger partial charge in [0.15, 0.2) is 5.82 Å². The average molecular weight is 250 g/mol. The van der Waals surface area contributed by atoms with Crippen LogP contribution in [0, 0.1) is 0 Å². The van der Waals surface area contributed by atoms with E-state index in [-0.39, 0.29) is 6.10 Å². The summed E-state index contributed by atoms with van der Waals surface area (Å²) in [6, 6.07) is 0.513. The highest BCUT2D eigenvalue weighted by Gasteiger charge is 2.22. The number of hydrogen-bond donors (Lipinski definition) is 1. The fourth-order valence-electron chi connectivity index (χ4n) is 2.29. The van der Waals surface area contributed by atoms with E-state index in [1.807, 2.05) is 20.0 Å². The van der Waals surface area contributed by atoms with Crippen molar-refractivity contribution in [3.05, 3.63) is 12.4 Å². The second-order valence-electron chi connectivity index (χ2n) is 4.81. The van der Waals surface area contributed by atoms with E-state index in [4.69, 9.17) is 4.74 Å². The third kappa shape index (κ3) is 3.10. The van der Waals surface area contributed by atoms with Crippen molar-refractivity contribution in [2.45, 2.75) is 39.3 Å². The molecule has 1 saturated heterocycles. The molecule has 2 rings (SSSR count). The third-order valence-corrected chi connectivity index (χ3v) is 3.07. The largest absolute Gasteiger partial charge is 0.474 e. The summed E-state index contributed by atoms with van der Waals surface area (Å²) >= 11 is 0. The maximum absolute atomic E-state index is 5.60. The standard InChI is InChI=1S/C13H22N4O/c1-4-17(11-5-6-14-7-11)12-8-15-9-13(16-12)18-10(2)3/h8-11,14H,4-7H2,1-3H3. The van der Waals surface area contributed by atoms with Gasteiger partial charge in [-0.15, -0.1) is 0 Å². The van der Waals surface area contributed by atoms with E-state index in [1.54, 1.807) is 6.20 Å². The molecule has 1 aliphatic rings. The van der Waals surface area contributed by atoms with Gasteiger partial charge in [-0.25, -0.2) is 0 Å². The number of rotatable bonds is 5. The molecule has 1 aliphatic heterocycles. The van der Waals surface area contributed by atoms with Crippen molar-refractivity contribution in [2.24, 2.45) is 0 Å². The highest BCUT2D eigenvalue weighted by Crippen LogP contribution is 2.19. The normalized spacial score (nSPS) is 19.2. The van der Waals surface area contributed by atoms with Gasteiger partial charge in [0.05, 0.1) is 18.5 Å². The summed E-state index contributed by atoms with van der Waals surface area (Å²) in [5.74, 6) is 1.51. The van der Waals surface area contributed by atoms with Gasteiger partial charge in [-0.2, -0.15) is 4.98 Å². The van der Waals surface area contributed by atoms with Crippen LogP contribution in [0.25, 0.3) is 0 Å². The molecule has 1 atom stereocenters. The molecular weight excluding hydrogens is 228 g/mol. The van der Waals surface area contributed by atoms with Crippen molar-refractivity contribution < 1.29 is 4.74 Å². The Balaban J connectivity index is 2.14. The molecule has 5 heteroatoms. The number of ether oxygens (including phenoxy) is 1. The zero-order valence-corrected chi connectivity index (χ0v) is 11.4. The molecule has 0 bridgehead atoms. The predicted molar refractivity (Wildman–Crippen MR) is 72.1 cm³/mol. The maximum Gasteiger partial charge on any atom is 0.234 e. The number of aromatic nitrogens is 2. The first-order valence-corrected chi connectivity index (χ1v) is 6.66. The van der Waals surface area contributed by atoms with Gasteiger partial charge in [-0.1, -0.05) is 0 Å². The summed E-state index contributed by atoms with van der Waals surface area (Å²) in [6.07, 6.45) is 4.77. The first kappa shape index (κ1) is 13.1. The van der Waals surface area contributed by atoms with E-state index < -0.39 is 0 Å². The fourth-order valence-corrected chi connectivity index (χ4v) is 2.29. The van der Waals surface area contributed by atoms with E-state index in [0.717, 1.165) is 31.9 Å². The highest BCUT2D eigenvalue weighted by molar-refractivity contribution is 5.39. The Morgan fingerprint density at radius 1 is 1.50 bits per heavy atom. The minimum Gasteiger partial charge on any atom is -0.474 e. The Morgan fingerprint density at radius 3 is 2.94 bits per heavy atom. The molecule has 100 valence electrons. The molecule has 0 spiro atoms. The van der Waals surface area contributed by atoms with Gasteiger partial charge in [-0.3, -0.25) is 4.98 Å². The molecular formula is C13H22N4O. The molecule has 0 radical (unpaired) electrons. The molecule has 0 amide bonds. The number of likely N-dealkylation sites (N-methyl/N-ethyl adjacent to an activating group) is 1. The van der Waals surface area contributed by atoms with Crippen LogP contribution in [-0.2, 0) is 0 Å². The lowest BCUT2D eigenvalue weighted by atomic mass is 10.2. The predicted octanol–water partition coefficient (Wildman–Crippen LogP) is 1.45. The van der Waals surface area contributed by atoms with Gasteiger partial charge < -0.3 is 15.0 Å². The molecule has 2 heterocycles. The van der Waals surface area contributed by atoms with Crippen LogP contribution in [0.4, 0.5) is 5.82 Å². The van der Waals surface area contributed by atoms with E-state index in [1.165, 1.54) is 0 Å². The van der Waals surface area contributed by atoms with Gasteiger partial charge in [-0.05, 0) is 33.7 Å². The van der Waals surface area contributed by atoms with Gasteiger partial charge in [0.25, 0.3) is 0 Å². The van der Waals surface area contributed by atoms with E-state index in [2.05, 4.69) is 27.1 Å². The first-order valence-electron chi connectivity index (χ1n) is 6.66. The third-order valence-electron chi connectivity index (χ3n) is 3.07. The SMILES string of the molecule is CCN(c1cncc(OC(C)C)n1)C1CCNC1. The number of hydrogen-bond acceptors (Lipinski definition) is 5. The van der Waals surface area contributed by atoms with Crippen molar-refractivity contribution >= 4 is 5.82 Å². The van der Waals surface area contributed by atoms with Crippen molar-refractivity contribution in [3.8, 4) is 5.88 Å². The molecule has 1 N–H and O–H groups in total. The van der Waals surface area contributed by atoms with Crippen LogP contribution in [0.5, 0.6) is 5.88 Å². The lowest BCUT2D eigenvalue weighted by molar-refractivity contribution is 0.231. The Bertz CT molecular complexity index is 377. The summed E-state index contributed by atoms with van der Waals surface area (Å²) in [5.41, 5.74) is 0. The van der Waals surface area contributed by atoms with Crippen LogP contribution in [0.15, 0.2) is 12.4 Å². The lowest BCUT2D eigenvalue weighted by Gasteiger charge is -2.28. The van der Waals surface area contributed by atoms with Crippen LogP contribution < -0.4 is 15.0 Å². The molecule has 18 heavy (non-hydrogen) atoms. The Morgan fingerprint density at radius 2 is 2.33 bits per heavy atom. The summed E-state index contributed by atoms with van der Waals surface area (Å²) in [6.45, 7) is 9.17. The van der Waals surface area contributed by atoms with E-state index in [9.17, 15) is 0 Å². The molecule has 1 aromatic heterocycles. The average Bonchev–Trinajstić information content (AvgIpc) is 2.83. The van der Waals surface area contributed by atoms with Crippen molar-refractivity contribution in [2.75, 3.05) is 24.5 Å². The van der Waals surface area contributed by atoms with Crippen LogP contribution in [0.1, 0.15) is 27.2 Å². The molecule has 1 unspecified atom stereocenters. The van der Waals surface area contributed by atoms with Gasteiger partial charge in [0.1, 0.15) is 0 Å². The second kappa shape index (κ2) is 6.00. The Labute approximate surface area is 109 Å². The molecule has 1 fully saturated rings. The smallest absolute Gasteiger partial charge is 0.234 e. The molecule has 5 nitrogen and oxygen atoms in total. The highest BCUT2D eigenvalue weighted by atomic mass is 16.5. The van der Waals surface area contributed by atoms with Crippen molar-refractivity contribution in [1.29, 1.82) is 0 Å². The summed E-state index contributed by atoms with van der Waals surface area (Å²) in [7, 11) is 0. The Kier molecular flexibility index (Phi) is 4.36. The zero-order chi connectivity index (χ0) is 13.0. The van der Waals surface area contributed by atoms with Gasteiger partial charge in [0, 0.05) is 19.1 Å². The Hall–Kier alpha value is -1.36. The quantitative estimate of drug-likeness (QED) is 0.857. The topological polar surface area (TPSA) is 50.3 Å². The number of anilines is 1. The van der Waals surface area contributed by atoms with Gasteiger partial charge in [0.2, 0.25) is 5.88 Å². The summed E-state index contributed by atoms with van der Waals surface area (Å²) in [5, 5.41) is 3.38. The van der Waals surface area contributed by atoms with Crippen LogP contribution >= 0.6 is 0 Å². The van der Waals surface area contributed by atoms with Crippen LogP contribution in [0.3, 0.4) is 0 Å². The van der Waals surface area contributed by atoms with E-state index in [0.29, 0.717) is 11.9 Å². The molecule has 0 aromatic carbocycles. The minimum atomic E-state index is 0.123. The molecule has 0 saturated carbocycles.